The molecule has 114 valence electrons. The highest BCUT2D eigenvalue weighted by Gasteiger charge is 2.15. The maximum absolute atomic E-state index is 12.0. The second-order valence-electron chi connectivity index (χ2n) is 6.31. The van der Waals surface area contributed by atoms with E-state index in [1.54, 1.807) is 0 Å². The Bertz CT molecular complexity index is 602. The van der Waals surface area contributed by atoms with Gasteiger partial charge in [0.15, 0.2) is 0 Å². The summed E-state index contributed by atoms with van der Waals surface area (Å²) < 4.78 is 0. The van der Waals surface area contributed by atoms with Gasteiger partial charge < -0.3 is 15.4 Å². The van der Waals surface area contributed by atoms with Crippen molar-refractivity contribution < 1.29 is 9.90 Å². The zero-order chi connectivity index (χ0) is 15.3. The minimum absolute atomic E-state index is 0.0431. The smallest absolute Gasteiger partial charge is 0.224 e. The summed E-state index contributed by atoms with van der Waals surface area (Å²) in [6.07, 6.45) is 4.08. The van der Waals surface area contributed by atoms with E-state index in [2.05, 4.69) is 10.3 Å². The monoisotopic (exact) mass is 288 g/mol. The van der Waals surface area contributed by atoms with Crippen LogP contribution in [0.3, 0.4) is 0 Å². The molecule has 2 rings (SSSR count). The first-order valence-corrected chi connectivity index (χ1v) is 7.44. The molecule has 4 heteroatoms. The zero-order valence-corrected chi connectivity index (χ0v) is 12.8. The van der Waals surface area contributed by atoms with Gasteiger partial charge in [0.05, 0.1) is 6.42 Å². The second-order valence-corrected chi connectivity index (χ2v) is 6.31. The molecule has 1 aromatic carbocycles. The van der Waals surface area contributed by atoms with Gasteiger partial charge in [0, 0.05) is 30.3 Å². The molecule has 3 N–H and O–H groups in total. The summed E-state index contributed by atoms with van der Waals surface area (Å²) in [6.45, 7) is 4.89. The lowest BCUT2D eigenvalue weighted by Gasteiger charge is -2.21. The maximum Gasteiger partial charge on any atom is 0.224 e. The number of aromatic amines is 1. The van der Waals surface area contributed by atoms with Gasteiger partial charge in [0.25, 0.3) is 0 Å². The average Bonchev–Trinajstić information content (AvgIpc) is 2.87. The van der Waals surface area contributed by atoms with Crippen LogP contribution in [-0.2, 0) is 11.2 Å². The molecule has 0 bridgehead atoms. The van der Waals surface area contributed by atoms with Crippen LogP contribution in [0.5, 0.6) is 0 Å². The Morgan fingerprint density at radius 2 is 2.10 bits per heavy atom. The number of benzene rings is 1. The van der Waals surface area contributed by atoms with Gasteiger partial charge in [0.2, 0.25) is 5.91 Å². The van der Waals surface area contributed by atoms with Crippen molar-refractivity contribution in [3.8, 4) is 0 Å². The van der Waals surface area contributed by atoms with Crippen molar-refractivity contribution in [3.63, 3.8) is 0 Å². The number of hydrogen-bond acceptors (Lipinski definition) is 2. The molecule has 0 aliphatic carbocycles. The van der Waals surface area contributed by atoms with E-state index in [1.165, 1.54) is 0 Å². The van der Waals surface area contributed by atoms with Crippen molar-refractivity contribution >= 4 is 16.8 Å². The Balaban J connectivity index is 1.80. The van der Waals surface area contributed by atoms with Crippen molar-refractivity contribution in [2.45, 2.75) is 33.1 Å². The molecule has 0 unspecified atom stereocenters. The SMILES string of the molecule is CC(C)(CO)CCCNC(=O)Cc1c[nH]c2ccccc12. The normalized spacial score (nSPS) is 11.8. The number of hydrogen-bond donors (Lipinski definition) is 3. The van der Waals surface area contributed by atoms with E-state index in [0.29, 0.717) is 13.0 Å². The van der Waals surface area contributed by atoms with Gasteiger partial charge in [-0.3, -0.25) is 4.79 Å². The Morgan fingerprint density at radius 1 is 1.33 bits per heavy atom. The van der Waals surface area contributed by atoms with Gasteiger partial charge in [-0.2, -0.15) is 0 Å². The summed E-state index contributed by atoms with van der Waals surface area (Å²) in [7, 11) is 0. The molecular formula is C17H24N2O2. The molecule has 0 fully saturated rings. The van der Waals surface area contributed by atoms with Gasteiger partial charge in [-0.1, -0.05) is 32.0 Å². The van der Waals surface area contributed by atoms with Crippen molar-refractivity contribution in [2.75, 3.05) is 13.2 Å². The van der Waals surface area contributed by atoms with Crippen LogP contribution in [-0.4, -0.2) is 29.1 Å². The number of nitrogens with one attached hydrogen (secondary N) is 2. The summed E-state index contributed by atoms with van der Waals surface area (Å²) in [4.78, 5) is 15.2. The quantitative estimate of drug-likeness (QED) is 0.686. The summed E-state index contributed by atoms with van der Waals surface area (Å²) >= 11 is 0. The van der Waals surface area contributed by atoms with E-state index in [4.69, 9.17) is 0 Å². The summed E-state index contributed by atoms with van der Waals surface area (Å²) in [6, 6.07) is 7.99. The summed E-state index contributed by atoms with van der Waals surface area (Å²) in [5.41, 5.74) is 2.02. The molecule has 0 radical (unpaired) electrons. The highest BCUT2D eigenvalue weighted by Crippen LogP contribution is 2.20. The standard InChI is InChI=1S/C17H24N2O2/c1-17(2,12-20)8-5-9-18-16(21)10-13-11-19-15-7-4-3-6-14(13)15/h3-4,6-7,11,19-20H,5,8-10,12H2,1-2H3,(H,18,21). The van der Waals surface area contributed by atoms with Crippen LogP contribution in [0.4, 0.5) is 0 Å². The van der Waals surface area contributed by atoms with Crippen LogP contribution in [0.1, 0.15) is 32.3 Å². The number of carbonyl (C=O) groups excluding carboxylic acids is 1. The molecule has 0 aliphatic heterocycles. The molecule has 0 spiro atoms. The van der Waals surface area contributed by atoms with E-state index in [1.807, 2.05) is 44.3 Å². The molecule has 0 atom stereocenters. The van der Waals surface area contributed by atoms with Crippen molar-refractivity contribution in [2.24, 2.45) is 5.41 Å². The topological polar surface area (TPSA) is 65.1 Å². The van der Waals surface area contributed by atoms with Crippen LogP contribution in [0.25, 0.3) is 10.9 Å². The summed E-state index contributed by atoms with van der Waals surface area (Å²) in [5, 5.41) is 13.2. The number of aromatic nitrogens is 1. The molecule has 0 aliphatic rings. The fourth-order valence-electron chi connectivity index (χ4n) is 2.39. The van der Waals surface area contributed by atoms with E-state index < -0.39 is 0 Å². The maximum atomic E-state index is 12.0. The number of amides is 1. The molecule has 4 nitrogen and oxygen atoms in total. The lowest BCUT2D eigenvalue weighted by atomic mass is 9.89. The predicted molar refractivity (Wildman–Crippen MR) is 85.1 cm³/mol. The van der Waals surface area contributed by atoms with E-state index in [-0.39, 0.29) is 17.9 Å². The van der Waals surface area contributed by atoms with Crippen LogP contribution >= 0.6 is 0 Å². The first kappa shape index (κ1) is 15.6. The van der Waals surface area contributed by atoms with E-state index in [0.717, 1.165) is 29.3 Å². The second kappa shape index (κ2) is 6.76. The average molecular weight is 288 g/mol. The van der Waals surface area contributed by atoms with Gasteiger partial charge >= 0.3 is 0 Å². The first-order chi connectivity index (χ1) is 10.0. The Labute approximate surface area is 125 Å². The lowest BCUT2D eigenvalue weighted by molar-refractivity contribution is -0.120. The Morgan fingerprint density at radius 3 is 2.86 bits per heavy atom. The third-order valence-corrected chi connectivity index (χ3v) is 3.81. The molecule has 2 aromatic rings. The fourth-order valence-corrected chi connectivity index (χ4v) is 2.39. The van der Waals surface area contributed by atoms with Crippen molar-refractivity contribution in [3.05, 3.63) is 36.0 Å². The third-order valence-electron chi connectivity index (χ3n) is 3.81. The van der Waals surface area contributed by atoms with Gasteiger partial charge in [0.1, 0.15) is 0 Å². The molecule has 21 heavy (non-hydrogen) atoms. The minimum Gasteiger partial charge on any atom is -0.396 e. The molecule has 1 heterocycles. The zero-order valence-electron chi connectivity index (χ0n) is 12.8. The number of H-pyrrole nitrogens is 1. The van der Waals surface area contributed by atoms with Crippen LogP contribution < -0.4 is 5.32 Å². The van der Waals surface area contributed by atoms with Crippen molar-refractivity contribution in [1.82, 2.24) is 10.3 Å². The molecular weight excluding hydrogens is 264 g/mol. The minimum atomic E-state index is -0.0679. The van der Waals surface area contributed by atoms with Crippen LogP contribution in [0.2, 0.25) is 0 Å². The van der Waals surface area contributed by atoms with Gasteiger partial charge in [-0.05, 0) is 29.9 Å². The van der Waals surface area contributed by atoms with E-state index >= 15 is 0 Å². The third kappa shape index (κ3) is 4.33. The number of aliphatic hydroxyl groups is 1. The van der Waals surface area contributed by atoms with E-state index in [9.17, 15) is 9.90 Å². The molecule has 0 saturated carbocycles. The highest BCUT2D eigenvalue weighted by molar-refractivity contribution is 5.88. The van der Waals surface area contributed by atoms with Gasteiger partial charge in [-0.15, -0.1) is 0 Å². The number of rotatable bonds is 7. The fraction of sp³-hybridized carbons (Fsp3) is 0.471. The molecule has 1 aromatic heterocycles. The number of carbonyl (C=O) groups is 1. The number of para-hydroxylation sites is 1. The van der Waals surface area contributed by atoms with Gasteiger partial charge in [-0.25, -0.2) is 0 Å². The number of fused-ring (bicyclic) bond motifs is 1. The lowest BCUT2D eigenvalue weighted by Crippen LogP contribution is -2.27. The first-order valence-electron chi connectivity index (χ1n) is 7.44. The Hall–Kier alpha value is -1.81. The number of aliphatic hydroxyl groups excluding tert-OH is 1. The largest absolute Gasteiger partial charge is 0.396 e. The predicted octanol–water partition coefficient (Wildman–Crippen LogP) is 2.63. The van der Waals surface area contributed by atoms with Crippen LogP contribution in [0, 0.1) is 5.41 Å². The summed E-state index contributed by atoms with van der Waals surface area (Å²) in [5.74, 6) is 0.0431. The molecule has 0 saturated heterocycles. The Kier molecular flexibility index (Phi) is 5.02. The highest BCUT2D eigenvalue weighted by atomic mass is 16.3. The van der Waals surface area contributed by atoms with Crippen LogP contribution in [0.15, 0.2) is 30.5 Å². The molecule has 1 amide bonds. The van der Waals surface area contributed by atoms with Crippen molar-refractivity contribution in [1.29, 1.82) is 0 Å².